The van der Waals surface area contributed by atoms with Gasteiger partial charge in [-0.15, -0.1) is 0 Å². The lowest BCUT2D eigenvalue weighted by Crippen LogP contribution is -2.09. The van der Waals surface area contributed by atoms with Gasteiger partial charge in [-0.1, -0.05) is 24.9 Å². The predicted molar refractivity (Wildman–Crippen MR) is 88.9 cm³/mol. The molecule has 0 aliphatic carbocycles. The summed E-state index contributed by atoms with van der Waals surface area (Å²) in [6.07, 6.45) is 2.52. The molecule has 0 unspecified atom stereocenters. The first-order valence-corrected chi connectivity index (χ1v) is 7.88. The summed E-state index contributed by atoms with van der Waals surface area (Å²) in [6, 6.07) is 4.52. The number of esters is 1. The van der Waals surface area contributed by atoms with Gasteiger partial charge in [-0.05, 0) is 31.0 Å². The second kappa shape index (κ2) is 8.06. The molecule has 1 aromatic heterocycles. The van der Waals surface area contributed by atoms with Crippen molar-refractivity contribution in [2.75, 3.05) is 14.2 Å². The van der Waals surface area contributed by atoms with Crippen LogP contribution >= 0.6 is 11.6 Å². The van der Waals surface area contributed by atoms with E-state index in [1.165, 1.54) is 26.4 Å². The number of ether oxygens (including phenoxy) is 2. The third-order valence-electron chi connectivity index (χ3n) is 3.45. The fourth-order valence-electron chi connectivity index (χ4n) is 2.21. The summed E-state index contributed by atoms with van der Waals surface area (Å²) in [4.78, 5) is 20.3. The first kappa shape index (κ1) is 18.1. The molecular weight excluding hydrogens is 335 g/mol. The zero-order valence-corrected chi connectivity index (χ0v) is 14.5. The maximum absolute atomic E-state index is 14.6. The lowest BCUT2D eigenvalue weighted by atomic mass is 10.1. The van der Waals surface area contributed by atoms with Crippen LogP contribution in [0.4, 0.5) is 4.39 Å². The summed E-state index contributed by atoms with van der Waals surface area (Å²) in [6.45, 7) is 2.05. The van der Waals surface area contributed by atoms with Gasteiger partial charge in [-0.3, -0.25) is 0 Å². The molecule has 0 radical (unpaired) electrons. The van der Waals surface area contributed by atoms with Crippen molar-refractivity contribution < 1.29 is 18.7 Å². The minimum Gasteiger partial charge on any atom is -0.492 e. The standard InChI is InChI=1S/C17H18ClFN2O3/c1-4-5-6-10-9-13(17(22)24-3)21-16(20-10)11-7-8-12(18)15(23-2)14(11)19/h7-9H,4-6H2,1-3H3. The number of halogens is 2. The highest BCUT2D eigenvalue weighted by Crippen LogP contribution is 2.33. The lowest BCUT2D eigenvalue weighted by molar-refractivity contribution is 0.0593. The van der Waals surface area contributed by atoms with E-state index in [0.29, 0.717) is 12.1 Å². The predicted octanol–water partition coefficient (Wildman–Crippen LogP) is 4.07. The van der Waals surface area contributed by atoms with E-state index in [0.717, 1.165) is 12.8 Å². The number of unbranched alkanes of at least 4 members (excludes halogenated alkanes) is 1. The highest BCUT2D eigenvalue weighted by atomic mass is 35.5. The van der Waals surface area contributed by atoms with E-state index < -0.39 is 11.8 Å². The number of carbonyl (C=O) groups excluding carboxylic acids is 1. The highest BCUT2D eigenvalue weighted by Gasteiger charge is 2.19. The second-order valence-electron chi connectivity index (χ2n) is 5.11. The molecule has 1 heterocycles. The first-order chi connectivity index (χ1) is 11.5. The van der Waals surface area contributed by atoms with Gasteiger partial charge in [-0.25, -0.2) is 19.2 Å². The van der Waals surface area contributed by atoms with Gasteiger partial charge in [0.2, 0.25) is 0 Å². The van der Waals surface area contributed by atoms with Gasteiger partial charge in [0.25, 0.3) is 0 Å². The van der Waals surface area contributed by atoms with E-state index in [1.807, 2.05) is 6.92 Å². The van der Waals surface area contributed by atoms with Crippen LogP contribution in [-0.2, 0) is 11.2 Å². The van der Waals surface area contributed by atoms with Crippen LogP contribution in [-0.4, -0.2) is 30.2 Å². The van der Waals surface area contributed by atoms with E-state index in [9.17, 15) is 9.18 Å². The van der Waals surface area contributed by atoms with Crippen molar-refractivity contribution in [3.05, 3.63) is 40.4 Å². The average molecular weight is 353 g/mol. The van der Waals surface area contributed by atoms with Crippen LogP contribution in [0.2, 0.25) is 5.02 Å². The van der Waals surface area contributed by atoms with Gasteiger partial charge in [0.15, 0.2) is 23.1 Å². The van der Waals surface area contributed by atoms with Crippen LogP contribution in [0.15, 0.2) is 18.2 Å². The van der Waals surface area contributed by atoms with Crippen LogP contribution in [0.25, 0.3) is 11.4 Å². The Morgan fingerprint density at radius 2 is 2.04 bits per heavy atom. The van der Waals surface area contributed by atoms with Crippen LogP contribution in [0.3, 0.4) is 0 Å². The maximum Gasteiger partial charge on any atom is 0.356 e. The molecule has 0 aliphatic rings. The molecule has 7 heteroatoms. The number of aryl methyl sites for hydroxylation is 1. The average Bonchev–Trinajstić information content (AvgIpc) is 2.59. The molecule has 0 atom stereocenters. The van der Waals surface area contributed by atoms with Crippen molar-refractivity contribution in [1.82, 2.24) is 9.97 Å². The Hall–Kier alpha value is -2.21. The monoisotopic (exact) mass is 352 g/mol. The van der Waals surface area contributed by atoms with Crippen molar-refractivity contribution >= 4 is 17.6 Å². The molecular formula is C17H18ClFN2O3. The van der Waals surface area contributed by atoms with Gasteiger partial charge < -0.3 is 9.47 Å². The zero-order chi connectivity index (χ0) is 17.7. The smallest absolute Gasteiger partial charge is 0.356 e. The van der Waals surface area contributed by atoms with Crippen molar-refractivity contribution in [2.24, 2.45) is 0 Å². The molecule has 0 aliphatic heterocycles. The third-order valence-corrected chi connectivity index (χ3v) is 3.75. The Morgan fingerprint density at radius 3 is 2.67 bits per heavy atom. The quantitative estimate of drug-likeness (QED) is 0.733. The largest absolute Gasteiger partial charge is 0.492 e. The summed E-state index contributed by atoms with van der Waals surface area (Å²) in [7, 11) is 2.59. The molecule has 0 saturated carbocycles. The van der Waals surface area contributed by atoms with Crippen molar-refractivity contribution in [2.45, 2.75) is 26.2 Å². The fourth-order valence-corrected chi connectivity index (χ4v) is 2.43. The molecule has 0 amide bonds. The van der Waals surface area contributed by atoms with Crippen molar-refractivity contribution in [1.29, 1.82) is 0 Å². The summed E-state index contributed by atoms with van der Waals surface area (Å²) in [5, 5.41) is 0.147. The number of aromatic nitrogens is 2. The normalized spacial score (nSPS) is 10.5. The Labute approximate surface area is 144 Å². The summed E-state index contributed by atoms with van der Waals surface area (Å²) in [5.74, 6) is -1.26. The van der Waals surface area contributed by atoms with E-state index in [-0.39, 0.29) is 27.9 Å². The highest BCUT2D eigenvalue weighted by molar-refractivity contribution is 6.32. The molecule has 5 nitrogen and oxygen atoms in total. The number of nitrogens with zero attached hydrogens (tertiary/aromatic N) is 2. The SMILES string of the molecule is CCCCc1cc(C(=O)OC)nc(-c2ccc(Cl)c(OC)c2F)n1. The summed E-state index contributed by atoms with van der Waals surface area (Å²) >= 11 is 5.91. The van der Waals surface area contributed by atoms with Crippen LogP contribution in [0, 0.1) is 5.82 Å². The van der Waals surface area contributed by atoms with E-state index in [1.54, 1.807) is 6.07 Å². The molecule has 2 aromatic rings. The topological polar surface area (TPSA) is 61.3 Å². The molecule has 0 bridgehead atoms. The van der Waals surface area contributed by atoms with Crippen LogP contribution < -0.4 is 4.74 Å². The molecule has 0 N–H and O–H groups in total. The Kier molecular flexibility index (Phi) is 6.09. The van der Waals surface area contributed by atoms with Crippen LogP contribution in [0.1, 0.15) is 35.9 Å². The summed E-state index contributed by atoms with van der Waals surface area (Å²) in [5.41, 5.74) is 0.845. The molecule has 24 heavy (non-hydrogen) atoms. The van der Waals surface area contributed by atoms with Gasteiger partial charge in [0.05, 0.1) is 24.8 Å². The molecule has 1 aromatic carbocycles. The number of hydrogen-bond acceptors (Lipinski definition) is 5. The second-order valence-corrected chi connectivity index (χ2v) is 5.51. The Morgan fingerprint density at radius 1 is 1.29 bits per heavy atom. The molecule has 0 saturated heterocycles. The Bertz CT molecular complexity index is 753. The van der Waals surface area contributed by atoms with Gasteiger partial charge in [-0.2, -0.15) is 0 Å². The minimum atomic E-state index is -0.673. The number of rotatable bonds is 6. The van der Waals surface area contributed by atoms with Gasteiger partial charge >= 0.3 is 5.97 Å². The van der Waals surface area contributed by atoms with Crippen molar-refractivity contribution in [3.63, 3.8) is 0 Å². The van der Waals surface area contributed by atoms with Gasteiger partial charge in [0, 0.05) is 5.69 Å². The minimum absolute atomic E-state index is 0.0851. The molecule has 0 fully saturated rings. The fraction of sp³-hybridized carbons (Fsp3) is 0.353. The maximum atomic E-state index is 14.6. The van der Waals surface area contributed by atoms with E-state index >= 15 is 0 Å². The first-order valence-electron chi connectivity index (χ1n) is 7.50. The summed E-state index contributed by atoms with van der Waals surface area (Å²) < 4.78 is 24.3. The number of benzene rings is 1. The molecule has 2 rings (SSSR count). The van der Waals surface area contributed by atoms with Crippen LogP contribution in [0.5, 0.6) is 5.75 Å². The van der Waals surface area contributed by atoms with E-state index in [4.69, 9.17) is 21.1 Å². The van der Waals surface area contributed by atoms with Gasteiger partial charge in [0.1, 0.15) is 0 Å². The molecule has 0 spiro atoms. The lowest BCUT2D eigenvalue weighted by Gasteiger charge is -2.10. The van der Waals surface area contributed by atoms with E-state index in [2.05, 4.69) is 9.97 Å². The zero-order valence-electron chi connectivity index (χ0n) is 13.7. The number of hydrogen-bond donors (Lipinski definition) is 0. The van der Waals surface area contributed by atoms with Crippen molar-refractivity contribution in [3.8, 4) is 17.1 Å². The Balaban J connectivity index is 2.58. The third kappa shape index (κ3) is 3.82. The number of carbonyl (C=O) groups is 1. The molecule has 128 valence electrons. The number of methoxy groups -OCH3 is 2.